The predicted molar refractivity (Wildman–Crippen MR) is 205 cm³/mol. The molecule has 0 amide bonds. The molecule has 0 radical (unpaired) electrons. The van der Waals surface area contributed by atoms with E-state index in [0.29, 0.717) is 23.4 Å². The summed E-state index contributed by atoms with van der Waals surface area (Å²) in [5, 5.41) is 4.12. The fourth-order valence-corrected chi connectivity index (χ4v) is 7.71. The van der Waals surface area contributed by atoms with E-state index in [0.717, 1.165) is 77.6 Å². The van der Waals surface area contributed by atoms with Crippen LogP contribution in [0.25, 0.3) is 94.7 Å². The van der Waals surface area contributed by atoms with Crippen LogP contribution in [-0.2, 0) is 0 Å². The first-order valence-corrected chi connectivity index (χ1v) is 17.4. The molecule has 5 nitrogen and oxygen atoms in total. The molecule has 11 rings (SSSR count). The highest BCUT2D eigenvalue weighted by Gasteiger charge is 2.35. The van der Waals surface area contributed by atoms with E-state index in [2.05, 4.69) is 78.9 Å². The largest absolute Gasteiger partial charge is 0.456 e. The van der Waals surface area contributed by atoms with Gasteiger partial charge in [-0.2, -0.15) is 0 Å². The van der Waals surface area contributed by atoms with Crippen molar-refractivity contribution in [2.45, 2.75) is 6.42 Å². The van der Waals surface area contributed by atoms with Gasteiger partial charge in [0.25, 0.3) is 0 Å². The maximum atomic E-state index is 6.56. The summed E-state index contributed by atoms with van der Waals surface area (Å²) in [4.78, 5) is 15.5. The Labute approximate surface area is 293 Å². The van der Waals surface area contributed by atoms with Crippen LogP contribution in [0.4, 0.5) is 0 Å². The van der Waals surface area contributed by atoms with Gasteiger partial charge in [-0.25, -0.2) is 15.0 Å². The van der Waals surface area contributed by atoms with Crippen LogP contribution in [-0.4, -0.2) is 15.0 Å². The van der Waals surface area contributed by atoms with Crippen molar-refractivity contribution in [1.29, 1.82) is 0 Å². The summed E-state index contributed by atoms with van der Waals surface area (Å²) in [7, 11) is 0. The molecular formula is C46H29N3O2. The average Bonchev–Trinajstić information content (AvgIpc) is 3.73. The van der Waals surface area contributed by atoms with Crippen molar-refractivity contribution in [1.82, 2.24) is 15.0 Å². The third-order valence-corrected chi connectivity index (χ3v) is 10.4. The summed E-state index contributed by atoms with van der Waals surface area (Å²) >= 11 is 0. The molecule has 2 atom stereocenters. The van der Waals surface area contributed by atoms with Crippen molar-refractivity contribution in [2.75, 3.05) is 0 Å². The number of para-hydroxylation sites is 2. The van der Waals surface area contributed by atoms with Gasteiger partial charge >= 0.3 is 0 Å². The minimum atomic E-state index is 0.586. The van der Waals surface area contributed by atoms with Gasteiger partial charge < -0.3 is 8.83 Å². The molecule has 3 aromatic heterocycles. The van der Waals surface area contributed by atoms with Crippen LogP contribution in [0.2, 0.25) is 0 Å². The number of furan rings is 2. The molecule has 2 aliphatic rings. The summed E-state index contributed by atoms with van der Waals surface area (Å²) in [5.74, 6) is 3.25. The minimum absolute atomic E-state index is 0.586. The van der Waals surface area contributed by atoms with Crippen molar-refractivity contribution < 1.29 is 8.83 Å². The Morgan fingerprint density at radius 3 is 1.80 bits per heavy atom. The highest BCUT2D eigenvalue weighted by Crippen LogP contribution is 2.46. The van der Waals surface area contributed by atoms with Gasteiger partial charge in [0.05, 0.1) is 0 Å². The number of nitrogens with zero attached hydrogens (tertiary/aromatic N) is 3. The molecule has 6 aromatic carbocycles. The van der Waals surface area contributed by atoms with Gasteiger partial charge in [-0.05, 0) is 70.9 Å². The molecule has 3 heterocycles. The Hall–Kier alpha value is -6.59. The van der Waals surface area contributed by atoms with Crippen LogP contribution in [0.1, 0.15) is 12.0 Å². The van der Waals surface area contributed by atoms with E-state index in [4.69, 9.17) is 23.8 Å². The second-order valence-electron chi connectivity index (χ2n) is 13.6. The molecule has 0 spiro atoms. The van der Waals surface area contributed by atoms with Crippen LogP contribution in [0.5, 0.6) is 0 Å². The molecule has 2 unspecified atom stereocenters. The predicted octanol–water partition coefficient (Wildman–Crippen LogP) is 11.9. The van der Waals surface area contributed by atoms with Gasteiger partial charge in [-0.3, -0.25) is 0 Å². The van der Waals surface area contributed by atoms with Crippen LogP contribution < -0.4 is 0 Å². The summed E-state index contributed by atoms with van der Waals surface area (Å²) in [5.41, 5.74) is 10.6. The molecule has 51 heavy (non-hydrogen) atoms. The lowest BCUT2D eigenvalue weighted by Crippen LogP contribution is -2.01. The fourth-order valence-electron chi connectivity index (χ4n) is 7.71. The first-order valence-electron chi connectivity index (χ1n) is 17.4. The van der Waals surface area contributed by atoms with Crippen molar-refractivity contribution in [2.24, 2.45) is 11.8 Å². The number of fused-ring (bicyclic) bond motifs is 7. The highest BCUT2D eigenvalue weighted by molar-refractivity contribution is 6.16. The molecule has 1 fully saturated rings. The Morgan fingerprint density at radius 1 is 0.451 bits per heavy atom. The summed E-state index contributed by atoms with van der Waals surface area (Å²) in [6, 6.07) is 45.6. The second-order valence-corrected chi connectivity index (χ2v) is 13.6. The van der Waals surface area contributed by atoms with E-state index in [1.807, 2.05) is 72.8 Å². The van der Waals surface area contributed by atoms with Gasteiger partial charge in [-0.15, -0.1) is 0 Å². The molecule has 0 aliphatic heterocycles. The molecule has 240 valence electrons. The quantitative estimate of drug-likeness (QED) is 0.185. The molecule has 1 saturated carbocycles. The summed E-state index contributed by atoms with van der Waals surface area (Å²) in [6.07, 6.45) is 8.29. The van der Waals surface area contributed by atoms with Crippen molar-refractivity contribution in [3.63, 3.8) is 0 Å². The zero-order valence-electron chi connectivity index (χ0n) is 27.5. The van der Waals surface area contributed by atoms with E-state index in [1.165, 1.54) is 17.6 Å². The lowest BCUT2D eigenvalue weighted by molar-refractivity contribution is 0.668. The monoisotopic (exact) mass is 655 g/mol. The van der Waals surface area contributed by atoms with Gasteiger partial charge in [-0.1, -0.05) is 121 Å². The van der Waals surface area contributed by atoms with Crippen LogP contribution >= 0.6 is 0 Å². The maximum absolute atomic E-state index is 6.56. The number of aromatic nitrogens is 3. The minimum Gasteiger partial charge on any atom is -0.456 e. The molecule has 5 heteroatoms. The molecule has 0 bridgehead atoms. The lowest BCUT2D eigenvalue weighted by Gasteiger charge is -2.12. The van der Waals surface area contributed by atoms with E-state index in [-0.39, 0.29) is 0 Å². The fraction of sp³-hybridized carbons (Fsp3) is 0.0652. The number of hydrogen-bond donors (Lipinski definition) is 0. The normalized spacial score (nSPS) is 16.6. The molecular weight excluding hydrogens is 627 g/mol. The van der Waals surface area contributed by atoms with Crippen LogP contribution in [0.15, 0.2) is 161 Å². The summed E-state index contributed by atoms with van der Waals surface area (Å²) < 4.78 is 12.8. The first-order chi connectivity index (χ1) is 25.2. The zero-order valence-corrected chi connectivity index (χ0v) is 27.5. The SMILES string of the molecule is C1=CC2CC2C=C1c1ccc(-c2nc(-c3ccccc3)nc(-c3cc(-c4cccc5oc6ccccc6c45)cc4oc5ccccc5c34)n2)cc1. The van der Waals surface area contributed by atoms with E-state index < -0.39 is 0 Å². The third-order valence-electron chi connectivity index (χ3n) is 10.4. The Bertz CT molecular complexity index is 2900. The molecule has 9 aromatic rings. The number of allylic oxidation sites excluding steroid dienone is 4. The number of hydrogen-bond acceptors (Lipinski definition) is 5. The van der Waals surface area contributed by atoms with E-state index >= 15 is 0 Å². The van der Waals surface area contributed by atoms with E-state index in [1.54, 1.807) is 0 Å². The van der Waals surface area contributed by atoms with Gasteiger partial charge in [0, 0.05) is 38.2 Å². The zero-order chi connectivity index (χ0) is 33.5. The lowest BCUT2D eigenvalue weighted by atomic mass is 9.95. The maximum Gasteiger partial charge on any atom is 0.164 e. The van der Waals surface area contributed by atoms with Gasteiger partial charge in [0.1, 0.15) is 22.3 Å². The average molecular weight is 656 g/mol. The Morgan fingerprint density at radius 2 is 1.06 bits per heavy atom. The third kappa shape index (κ3) is 4.66. The first kappa shape index (κ1) is 28.3. The van der Waals surface area contributed by atoms with E-state index in [9.17, 15) is 0 Å². The van der Waals surface area contributed by atoms with Crippen molar-refractivity contribution >= 4 is 49.5 Å². The van der Waals surface area contributed by atoms with Crippen LogP contribution in [0, 0.1) is 11.8 Å². The Balaban J connectivity index is 1.15. The standard InChI is InChI=1S/C46H29N3O2/c1-2-9-28(10-3-1)44-47-45(29-19-17-27(18-20-29)30-21-22-31-24-32(31)23-30)49-46(48-44)37-25-33(26-41-43(37)36-12-5-7-15-39(36)51-41)34-13-8-16-40-42(34)35-11-4-6-14-38(35)50-40/h1-23,25-26,31-32H,24H2. The van der Waals surface area contributed by atoms with Gasteiger partial charge in [0.15, 0.2) is 17.5 Å². The molecule has 2 aliphatic carbocycles. The summed E-state index contributed by atoms with van der Waals surface area (Å²) in [6.45, 7) is 0. The number of rotatable bonds is 5. The smallest absolute Gasteiger partial charge is 0.164 e. The van der Waals surface area contributed by atoms with Crippen molar-refractivity contribution in [3.05, 3.63) is 157 Å². The van der Waals surface area contributed by atoms with Gasteiger partial charge in [0.2, 0.25) is 0 Å². The Kier molecular flexibility index (Phi) is 6.07. The molecule has 0 N–H and O–H groups in total. The molecule has 0 saturated heterocycles. The second kappa shape index (κ2) is 11.0. The highest BCUT2D eigenvalue weighted by atomic mass is 16.3. The topological polar surface area (TPSA) is 65.0 Å². The number of benzene rings is 6. The van der Waals surface area contributed by atoms with Crippen LogP contribution in [0.3, 0.4) is 0 Å². The van der Waals surface area contributed by atoms with Crippen molar-refractivity contribution in [3.8, 4) is 45.3 Å².